The molecule has 2 aromatic carbocycles. The van der Waals surface area contributed by atoms with Crippen molar-refractivity contribution in [3.63, 3.8) is 0 Å². The number of aromatic nitrogens is 1. The molecule has 3 rings (SSSR count). The van der Waals surface area contributed by atoms with Gasteiger partial charge in [-0.1, -0.05) is 36.0 Å². The second-order valence-corrected chi connectivity index (χ2v) is 4.55. The molecule has 0 N–H and O–H groups in total. The molecule has 0 aliphatic rings. The van der Waals surface area contributed by atoms with Gasteiger partial charge in [-0.05, 0) is 23.9 Å². The van der Waals surface area contributed by atoms with Gasteiger partial charge >= 0.3 is 0 Å². The van der Waals surface area contributed by atoms with Crippen molar-refractivity contribution in [2.75, 3.05) is 0 Å². The van der Waals surface area contributed by atoms with Gasteiger partial charge in [0.1, 0.15) is 0 Å². The van der Waals surface area contributed by atoms with E-state index in [1.165, 1.54) is 0 Å². The van der Waals surface area contributed by atoms with Crippen LogP contribution in [0.4, 0.5) is 5.69 Å². The zero-order valence-corrected chi connectivity index (χ0v) is 11.0. The maximum atomic E-state index is 12.5. The fourth-order valence-electron chi connectivity index (χ4n) is 2.69. The molecule has 0 fully saturated rings. The fraction of sp³-hybridized carbons (Fsp3) is 0.133. The number of rotatable bonds is 2. The molecule has 5 nitrogen and oxygen atoms in total. The minimum absolute atomic E-state index is 0.0614. The van der Waals surface area contributed by atoms with Gasteiger partial charge in [0, 0.05) is 38.7 Å². The highest BCUT2D eigenvalue weighted by Gasteiger charge is 2.11. The largest absolute Gasteiger partial charge is 0.309 e. The molecule has 98 valence electrons. The molecule has 0 bridgehead atoms. The van der Waals surface area contributed by atoms with Gasteiger partial charge in [0.2, 0.25) is 0 Å². The molecule has 0 radical (unpaired) electrons. The van der Waals surface area contributed by atoms with E-state index < -0.39 is 0 Å². The van der Waals surface area contributed by atoms with E-state index in [1.807, 2.05) is 19.1 Å². The number of pyridine rings is 1. The molecule has 0 saturated carbocycles. The van der Waals surface area contributed by atoms with Crippen LogP contribution in [-0.2, 0) is 6.54 Å². The van der Waals surface area contributed by atoms with Gasteiger partial charge in [0.25, 0.3) is 5.56 Å². The molecule has 1 heterocycles. The van der Waals surface area contributed by atoms with Gasteiger partial charge in [-0.2, -0.15) is 0 Å². The summed E-state index contributed by atoms with van der Waals surface area (Å²) in [6.07, 6.45) is 0. The Morgan fingerprint density at radius 2 is 2.00 bits per heavy atom. The van der Waals surface area contributed by atoms with Crippen LogP contribution in [0.3, 0.4) is 0 Å². The number of nitrogens with zero attached hydrogens (tertiary/aromatic N) is 4. The van der Waals surface area contributed by atoms with E-state index in [0.29, 0.717) is 23.0 Å². The Kier molecular flexibility index (Phi) is 2.70. The van der Waals surface area contributed by atoms with Crippen molar-refractivity contribution in [2.24, 2.45) is 5.11 Å². The van der Waals surface area contributed by atoms with E-state index in [9.17, 15) is 4.79 Å². The monoisotopic (exact) mass is 264 g/mol. The standard InChI is InChI=1S/C15H12N4O/c1-3-19-9(2)10-7-8-13(17-18-16)11-5-4-6-12(14(10)11)15(19)20/h4-8H,2-3H2,1H3. The quantitative estimate of drug-likeness (QED) is 0.398. The third-order valence-corrected chi connectivity index (χ3v) is 3.60. The van der Waals surface area contributed by atoms with E-state index in [4.69, 9.17) is 5.53 Å². The van der Waals surface area contributed by atoms with E-state index in [0.717, 1.165) is 16.2 Å². The van der Waals surface area contributed by atoms with Gasteiger partial charge in [0.15, 0.2) is 0 Å². The Hall–Kier alpha value is -2.78. The summed E-state index contributed by atoms with van der Waals surface area (Å²) in [5, 5.41) is 7.51. The van der Waals surface area contributed by atoms with E-state index in [-0.39, 0.29) is 5.56 Å². The second kappa shape index (κ2) is 4.40. The van der Waals surface area contributed by atoms with E-state index >= 15 is 0 Å². The van der Waals surface area contributed by atoms with Crippen molar-refractivity contribution in [3.8, 4) is 0 Å². The lowest BCUT2D eigenvalue weighted by Crippen LogP contribution is -2.32. The average molecular weight is 264 g/mol. The van der Waals surface area contributed by atoms with Crippen LogP contribution < -0.4 is 10.9 Å². The molecule has 0 spiro atoms. The summed E-state index contributed by atoms with van der Waals surface area (Å²) in [7, 11) is 0. The van der Waals surface area contributed by atoms with Gasteiger partial charge in [-0.25, -0.2) is 0 Å². The van der Waals surface area contributed by atoms with Gasteiger partial charge in [-0.3, -0.25) is 4.79 Å². The van der Waals surface area contributed by atoms with Crippen LogP contribution in [0.15, 0.2) is 40.2 Å². The van der Waals surface area contributed by atoms with Crippen molar-refractivity contribution in [2.45, 2.75) is 13.5 Å². The lowest BCUT2D eigenvalue weighted by Gasteiger charge is -2.12. The first kappa shape index (κ1) is 12.3. The Morgan fingerprint density at radius 3 is 2.70 bits per heavy atom. The maximum Gasteiger partial charge on any atom is 0.258 e. The lowest BCUT2D eigenvalue weighted by atomic mass is 10.0. The zero-order chi connectivity index (χ0) is 14.3. The molecule has 0 amide bonds. The first-order valence-electron chi connectivity index (χ1n) is 6.31. The second-order valence-electron chi connectivity index (χ2n) is 4.55. The molecule has 0 aliphatic carbocycles. The third kappa shape index (κ3) is 1.51. The SMILES string of the molecule is C=c1c2ccc(N=[N+]=[N-])c3cccc(c(=O)n1CC)c32. The Morgan fingerprint density at radius 1 is 1.25 bits per heavy atom. The molecule has 0 saturated heterocycles. The summed E-state index contributed by atoms with van der Waals surface area (Å²) >= 11 is 0. The molecule has 0 aliphatic heterocycles. The summed E-state index contributed by atoms with van der Waals surface area (Å²) in [5.74, 6) is 0. The fourth-order valence-corrected chi connectivity index (χ4v) is 2.69. The highest BCUT2D eigenvalue weighted by atomic mass is 16.1. The molecule has 5 heteroatoms. The highest BCUT2D eigenvalue weighted by Crippen LogP contribution is 2.30. The van der Waals surface area contributed by atoms with Crippen LogP contribution in [0.25, 0.3) is 38.6 Å². The van der Waals surface area contributed by atoms with Gasteiger partial charge in [0.05, 0.1) is 0 Å². The molecule has 1 aromatic heterocycles. The highest BCUT2D eigenvalue weighted by molar-refractivity contribution is 6.13. The first-order valence-corrected chi connectivity index (χ1v) is 6.31. The molecule has 0 unspecified atom stereocenters. The van der Waals surface area contributed by atoms with Crippen LogP contribution >= 0.6 is 0 Å². The predicted octanol–water partition coefficient (Wildman–Crippen LogP) is 3.25. The summed E-state index contributed by atoms with van der Waals surface area (Å²) in [6.45, 7) is 6.51. The van der Waals surface area contributed by atoms with E-state index in [2.05, 4.69) is 16.6 Å². The smallest absolute Gasteiger partial charge is 0.258 e. The normalized spacial score (nSPS) is 10.8. The van der Waals surface area contributed by atoms with Crippen molar-refractivity contribution < 1.29 is 0 Å². The van der Waals surface area contributed by atoms with Crippen LogP contribution in [0, 0.1) is 0 Å². The summed E-state index contributed by atoms with van der Waals surface area (Å²) < 4.78 is 1.66. The minimum atomic E-state index is -0.0614. The summed E-state index contributed by atoms with van der Waals surface area (Å²) in [6, 6.07) is 9.07. The van der Waals surface area contributed by atoms with Crippen molar-refractivity contribution in [1.82, 2.24) is 4.57 Å². The minimum Gasteiger partial charge on any atom is -0.309 e. The maximum absolute atomic E-state index is 12.5. The number of hydrogen-bond donors (Lipinski definition) is 0. The van der Waals surface area contributed by atoms with E-state index in [1.54, 1.807) is 22.8 Å². The predicted molar refractivity (Wildman–Crippen MR) is 80.9 cm³/mol. The van der Waals surface area contributed by atoms with Crippen LogP contribution in [-0.4, -0.2) is 4.57 Å². The third-order valence-electron chi connectivity index (χ3n) is 3.60. The Bertz CT molecular complexity index is 948. The van der Waals surface area contributed by atoms with Crippen LogP contribution in [0.5, 0.6) is 0 Å². The van der Waals surface area contributed by atoms with Crippen molar-refractivity contribution >= 4 is 33.8 Å². The molecule has 3 aromatic rings. The molecular formula is C15H12N4O. The summed E-state index contributed by atoms with van der Waals surface area (Å²) in [4.78, 5) is 15.3. The molecular weight excluding hydrogens is 252 g/mol. The summed E-state index contributed by atoms with van der Waals surface area (Å²) in [5.41, 5.74) is 9.10. The molecule has 20 heavy (non-hydrogen) atoms. The lowest BCUT2D eigenvalue weighted by molar-refractivity contribution is 0.717. The van der Waals surface area contributed by atoms with Crippen LogP contribution in [0.2, 0.25) is 0 Å². The first-order chi connectivity index (χ1) is 9.69. The number of hydrogen-bond acceptors (Lipinski definition) is 2. The van der Waals surface area contributed by atoms with Crippen LogP contribution in [0.1, 0.15) is 6.92 Å². The van der Waals surface area contributed by atoms with Gasteiger partial charge < -0.3 is 4.57 Å². The average Bonchev–Trinajstić information content (AvgIpc) is 2.46. The Balaban J connectivity index is 2.69. The number of benzene rings is 2. The zero-order valence-electron chi connectivity index (χ0n) is 11.0. The molecule has 0 atom stereocenters. The van der Waals surface area contributed by atoms with Gasteiger partial charge in [-0.15, -0.1) is 0 Å². The number of azide groups is 1. The van der Waals surface area contributed by atoms with Crippen molar-refractivity contribution in [3.05, 3.63) is 56.5 Å². The topological polar surface area (TPSA) is 70.8 Å². The van der Waals surface area contributed by atoms with Crippen molar-refractivity contribution in [1.29, 1.82) is 0 Å². The Labute approximate surface area is 114 Å².